The monoisotopic (exact) mass is 272 g/mol. The van der Waals surface area contributed by atoms with Gasteiger partial charge in [0.2, 0.25) is 0 Å². The average Bonchev–Trinajstić information content (AvgIpc) is 2.97. The van der Waals surface area contributed by atoms with Gasteiger partial charge in [-0.05, 0) is 25.0 Å². The Balaban J connectivity index is 1.92. The van der Waals surface area contributed by atoms with Crippen molar-refractivity contribution in [2.75, 3.05) is 18.5 Å². The van der Waals surface area contributed by atoms with E-state index >= 15 is 0 Å². The molecule has 104 valence electrons. The molecule has 1 fully saturated rings. The van der Waals surface area contributed by atoms with Gasteiger partial charge in [-0.15, -0.1) is 0 Å². The number of ether oxygens (including phenoxy) is 1. The van der Waals surface area contributed by atoms with Crippen LogP contribution in [0.25, 0.3) is 10.9 Å². The van der Waals surface area contributed by atoms with Crippen LogP contribution in [0.15, 0.2) is 30.3 Å². The molecule has 1 aromatic carbocycles. The first-order valence-electron chi connectivity index (χ1n) is 6.72. The van der Waals surface area contributed by atoms with Crippen molar-refractivity contribution in [3.63, 3.8) is 0 Å². The van der Waals surface area contributed by atoms with Gasteiger partial charge in [0.15, 0.2) is 5.69 Å². The molecule has 0 bridgehead atoms. The third-order valence-electron chi connectivity index (χ3n) is 3.48. The molecule has 0 amide bonds. The molecule has 2 N–H and O–H groups in total. The summed E-state index contributed by atoms with van der Waals surface area (Å²) in [7, 11) is 0. The van der Waals surface area contributed by atoms with Gasteiger partial charge in [-0.3, -0.25) is 0 Å². The van der Waals surface area contributed by atoms with Gasteiger partial charge in [-0.2, -0.15) is 0 Å². The summed E-state index contributed by atoms with van der Waals surface area (Å²) in [5.74, 6) is -1.02. The Bertz CT molecular complexity index is 636. The summed E-state index contributed by atoms with van der Waals surface area (Å²) in [6.07, 6.45) is 2.33. The van der Waals surface area contributed by atoms with Gasteiger partial charge >= 0.3 is 5.97 Å². The molecule has 1 saturated heterocycles. The van der Waals surface area contributed by atoms with Gasteiger partial charge in [-0.1, -0.05) is 18.2 Å². The molecule has 0 spiro atoms. The lowest BCUT2D eigenvalue weighted by molar-refractivity contribution is 0.0691. The van der Waals surface area contributed by atoms with Gasteiger partial charge in [0, 0.05) is 24.2 Å². The number of rotatable bonds is 4. The molecule has 0 radical (unpaired) electrons. The second-order valence-corrected chi connectivity index (χ2v) is 4.89. The van der Waals surface area contributed by atoms with E-state index in [1.165, 1.54) is 0 Å². The van der Waals surface area contributed by atoms with Crippen LogP contribution >= 0.6 is 0 Å². The zero-order chi connectivity index (χ0) is 13.9. The van der Waals surface area contributed by atoms with Gasteiger partial charge < -0.3 is 15.2 Å². The Labute approximate surface area is 116 Å². The normalized spacial score (nSPS) is 18.3. The van der Waals surface area contributed by atoms with Gasteiger partial charge in [0.1, 0.15) is 0 Å². The fraction of sp³-hybridized carbons (Fsp3) is 0.333. The summed E-state index contributed by atoms with van der Waals surface area (Å²) in [6.45, 7) is 1.50. The Morgan fingerprint density at radius 1 is 1.45 bits per heavy atom. The smallest absolute Gasteiger partial charge is 0.354 e. The highest BCUT2D eigenvalue weighted by molar-refractivity contribution is 5.97. The molecule has 5 heteroatoms. The molecule has 0 aliphatic carbocycles. The maximum absolute atomic E-state index is 11.1. The summed E-state index contributed by atoms with van der Waals surface area (Å²) >= 11 is 0. The average molecular weight is 272 g/mol. The number of carboxylic acids is 1. The quantitative estimate of drug-likeness (QED) is 0.894. The minimum Gasteiger partial charge on any atom is -0.477 e. The molecule has 3 rings (SSSR count). The Morgan fingerprint density at radius 2 is 2.30 bits per heavy atom. The van der Waals surface area contributed by atoms with E-state index in [0.717, 1.165) is 30.5 Å². The number of nitrogens with one attached hydrogen (secondary N) is 1. The molecule has 1 aromatic heterocycles. The standard InChI is InChI=1S/C15H16N2O3/c18-15(19)14-8-13(16-9-10-4-3-7-20-10)11-5-1-2-6-12(11)17-14/h1-2,5-6,8,10H,3-4,7,9H2,(H,16,17)(H,18,19). The molecule has 2 aromatic rings. The Hall–Kier alpha value is -2.14. The maximum Gasteiger partial charge on any atom is 0.354 e. The number of anilines is 1. The fourth-order valence-electron chi connectivity index (χ4n) is 2.46. The number of benzene rings is 1. The van der Waals surface area contributed by atoms with Crippen molar-refractivity contribution in [1.82, 2.24) is 4.98 Å². The molecule has 0 saturated carbocycles. The summed E-state index contributed by atoms with van der Waals surface area (Å²) in [6, 6.07) is 9.11. The summed E-state index contributed by atoms with van der Waals surface area (Å²) in [4.78, 5) is 15.3. The van der Waals surface area contributed by atoms with Gasteiger partial charge in [-0.25, -0.2) is 9.78 Å². The summed E-state index contributed by atoms with van der Waals surface area (Å²) < 4.78 is 5.57. The number of pyridine rings is 1. The van der Waals surface area contributed by atoms with E-state index in [1.807, 2.05) is 24.3 Å². The van der Waals surface area contributed by atoms with Crippen molar-refractivity contribution in [1.29, 1.82) is 0 Å². The first-order valence-corrected chi connectivity index (χ1v) is 6.72. The SMILES string of the molecule is O=C(O)c1cc(NCC2CCCO2)c2ccccc2n1. The number of hydrogen-bond acceptors (Lipinski definition) is 4. The van der Waals surface area contributed by atoms with E-state index in [-0.39, 0.29) is 11.8 Å². The number of aromatic carboxylic acids is 1. The van der Waals surface area contributed by atoms with E-state index in [1.54, 1.807) is 6.07 Å². The van der Waals surface area contributed by atoms with Crippen LogP contribution in [0.2, 0.25) is 0 Å². The molecule has 1 unspecified atom stereocenters. The van der Waals surface area contributed by atoms with Gasteiger partial charge in [0.05, 0.1) is 11.6 Å². The zero-order valence-corrected chi connectivity index (χ0v) is 11.0. The largest absolute Gasteiger partial charge is 0.477 e. The van der Waals surface area contributed by atoms with Crippen LogP contribution < -0.4 is 5.32 Å². The lowest BCUT2D eigenvalue weighted by Crippen LogP contribution is -2.19. The minimum absolute atomic E-state index is 0.0542. The molecular formula is C15H16N2O3. The second kappa shape index (κ2) is 5.46. The van der Waals surface area contributed by atoms with Crippen molar-refractivity contribution in [3.05, 3.63) is 36.0 Å². The van der Waals surface area contributed by atoms with Crippen molar-refractivity contribution in [2.24, 2.45) is 0 Å². The topological polar surface area (TPSA) is 71.5 Å². The predicted molar refractivity (Wildman–Crippen MR) is 76.2 cm³/mol. The molecule has 1 aliphatic rings. The number of carboxylic acid groups (broad SMARTS) is 1. The lowest BCUT2D eigenvalue weighted by Gasteiger charge is -2.14. The number of hydrogen-bond donors (Lipinski definition) is 2. The van der Waals surface area contributed by atoms with Crippen LogP contribution in [0.1, 0.15) is 23.3 Å². The first kappa shape index (κ1) is 12.9. The Morgan fingerprint density at radius 3 is 3.05 bits per heavy atom. The molecule has 20 heavy (non-hydrogen) atoms. The Kier molecular flexibility index (Phi) is 3.52. The van der Waals surface area contributed by atoms with Crippen LogP contribution in [-0.4, -0.2) is 35.3 Å². The van der Waals surface area contributed by atoms with Crippen LogP contribution in [-0.2, 0) is 4.74 Å². The predicted octanol–water partition coefficient (Wildman–Crippen LogP) is 2.52. The third-order valence-corrected chi connectivity index (χ3v) is 3.48. The van der Waals surface area contributed by atoms with E-state index in [9.17, 15) is 4.79 Å². The number of para-hydroxylation sites is 1. The van der Waals surface area contributed by atoms with Crippen molar-refractivity contribution < 1.29 is 14.6 Å². The highest BCUT2D eigenvalue weighted by Gasteiger charge is 2.16. The van der Waals surface area contributed by atoms with Crippen molar-refractivity contribution in [3.8, 4) is 0 Å². The maximum atomic E-state index is 11.1. The van der Waals surface area contributed by atoms with Crippen LogP contribution in [0.5, 0.6) is 0 Å². The number of fused-ring (bicyclic) bond motifs is 1. The summed E-state index contributed by atoms with van der Waals surface area (Å²) in [5.41, 5.74) is 1.53. The highest BCUT2D eigenvalue weighted by Crippen LogP contribution is 2.24. The number of nitrogens with zero attached hydrogens (tertiary/aromatic N) is 1. The first-order chi connectivity index (χ1) is 9.74. The van der Waals surface area contributed by atoms with E-state index in [4.69, 9.17) is 9.84 Å². The van der Waals surface area contributed by atoms with Gasteiger partial charge in [0.25, 0.3) is 0 Å². The van der Waals surface area contributed by atoms with Crippen LogP contribution in [0, 0.1) is 0 Å². The summed E-state index contributed by atoms with van der Waals surface area (Å²) in [5, 5.41) is 13.4. The minimum atomic E-state index is -1.02. The van der Waals surface area contributed by atoms with Crippen LogP contribution in [0.4, 0.5) is 5.69 Å². The molecule has 1 aliphatic heterocycles. The van der Waals surface area contributed by atoms with E-state index < -0.39 is 5.97 Å². The zero-order valence-electron chi connectivity index (χ0n) is 11.0. The molecule has 1 atom stereocenters. The van der Waals surface area contributed by atoms with Crippen molar-refractivity contribution >= 4 is 22.6 Å². The number of carbonyl (C=O) groups is 1. The van der Waals surface area contributed by atoms with E-state index in [2.05, 4.69) is 10.3 Å². The van der Waals surface area contributed by atoms with Crippen molar-refractivity contribution in [2.45, 2.75) is 18.9 Å². The number of aromatic nitrogens is 1. The third kappa shape index (κ3) is 2.58. The molecular weight excluding hydrogens is 256 g/mol. The lowest BCUT2D eigenvalue weighted by atomic mass is 10.1. The van der Waals surface area contributed by atoms with Crippen LogP contribution in [0.3, 0.4) is 0 Å². The second-order valence-electron chi connectivity index (χ2n) is 4.89. The molecule has 2 heterocycles. The highest BCUT2D eigenvalue weighted by atomic mass is 16.5. The van der Waals surface area contributed by atoms with E-state index in [0.29, 0.717) is 12.1 Å². The fourth-order valence-corrected chi connectivity index (χ4v) is 2.46. The molecule has 5 nitrogen and oxygen atoms in total.